The molecule has 0 radical (unpaired) electrons. The Labute approximate surface area is 212 Å². The number of allylic oxidation sites excluding steroid dienone is 1. The molecule has 0 saturated carbocycles. The summed E-state index contributed by atoms with van der Waals surface area (Å²) in [5.41, 5.74) is 2.01. The topological polar surface area (TPSA) is 104 Å². The first-order valence-corrected chi connectivity index (χ1v) is 10.9. The number of fused-ring (bicyclic) bond motifs is 1. The fourth-order valence-corrected chi connectivity index (χ4v) is 3.96. The van der Waals surface area contributed by atoms with Gasteiger partial charge < -0.3 is 19.8 Å². The maximum Gasteiger partial charge on any atom is 0.200 e. The average Bonchev–Trinajstić information content (AvgIpc) is 3.49. The van der Waals surface area contributed by atoms with Gasteiger partial charge in [-0.15, -0.1) is 12.4 Å². The highest BCUT2D eigenvalue weighted by molar-refractivity contribution is 6.33. The van der Waals surface area contributed by atoms with Crippen LogP contribution in [0.3, 0.4) is 0 Å². The standard InChI is InChI=1S/C27H21FN4O3.ClH/c1-32-13-12-29-27(32)25(35)17-7-4-6-16(14-17)23(33)22(24(34)18-8-5-9-19(28)15-18)26-30-20-10-2-3-11-21(20)31-26;/h2-15,25,33,35H,1H3,(H,30,31);1H. The number of halogens is 2. The summed E-state index contributed by atoms with van der Waals surface area (Å²) >= 11 is 0. The van der Waals surface area contributed by atoms with Crippen LogP contribution in [0.15, 0.2) is 85.2 Å². The van der Waals surface area contributed by atoms with Crippen molar-refractivity contribution < 1.29 is 19.4 Å². The van der Waals surface area contributed by atoms with Gasteiger partial charge in [0, 0.05) is 30.6 Å². The number of Topliss-reactive ketones (excluding diaryl/α,β-unsaturated/α-hetero) is 1. The van der Waals surface area contributed by atoms with Crippen LogP contribution in [-0.2, 0) is 7.05 Å². The molecule has 0 aliphatic heterocycles. The third-order valence-electron chi connectivity index (χ3n) is 5.76. The van der Waals surface area contributed by atoms with Gasteiger partial charge >= 0.3 is 0 Å². The smallest absolute Gasteiger partial charge is 0.200 e. The van der Waals surface area contributed by atoms with Crippen LogP contribution >= 0.6 is 12.4 Å². The van der Waals surface area contributed by atoms with E-state index in [4.69, 9.17) is 0 Å². The van der Waals surface area contributed by atoms with Crippen molar-refractivity contribution in [3.05, 3.63) is 119 Å². The van der Waals surface area contributed by atoms with Crippen molar-refractivity contribution in [2.45, 2.75) is 6.10 Å². The first-order valence-electron chi connectivity index (χ1n) is 10.9. The van der Waals surface area contributed by atoms with Crippen LogP contribution < -0.4 is 0 Å². The Morgan fingerprint density at radius 2 is 1.78 bits per heavy atom. The summed E-state index contributed by atoms with van der Waals surface area (Å²) in [6.45, 7) is 0. The molecule has 9 heteroatoms. The fraction of sp³-hybridized carbons (Fsp3) is 0.0741. The van der Waals surface area contributed by atoms with E-state index >= 15 is 0 Å². The Morgan fingerprint density at radius 3 is 2.50 bits per heavy atom. The molecule has 0 saturated heterocycles. The van der Waals surface area contributed by atoms with Crippen molar-refractivity contribution in [3.63, 3.8) is 0 Å². The Balaban J connectivity index is 0.00000304. The lowest BCUT2D eigenvalue weighted by molar-refractivity contribution is 0.105. The van der Waals surface area contributed by atoms with E-state index in [2.05, 4.69) is 15.0 Å². The number of carbonyl (C=O) groups excluding carboxylic acids is 1. The second-order valence-corrected chi connectivity index (χ2v) is 8.09. The minimum absolute atomic E-state index is 0. The molecule has 5 rings (SSSR count). The molecule has 0 amide bonds. The van der Waals surface area contributed by atoms with Gasteiger partial charge in [-0.2, -0.15) is 0 Å². The lowest BCUT2D eigenvalue weighted by Gasteiger charge is -2.14. The number of imidazole rings is 2. The van der Waals surface area contributed by atoms with E-state index in [1.54, 1.807) is 60.4 Å². The predicted molar refractivity (Wildman–Crippen MR) is 137 cm³/mol. The molecule has 3 N–H and O–H groups in total. The molecular formula is C27H22ClFN4O3. The normalized spacial score (nSPS) is 12.6. The number of para-hydroxylation sites is 2. The zero-order valence-electron chi connectivity index (χ0n) is 19.1. The molecule has 2 heterocycles. The van der Waals surface area contributed by atoms with Crippen LogP contribution in [-0.4, -0.2) is 35.5 Å². The number of hydrogen-bond acceptors (Lipinski definition) is 5. The van der Waals surface area contributed by atoms with Crippen molar-refractivity contribution in [1.82, 2.24) is 19.5 Å². The van der Waals surface area contributed by atoms with Gasteiger partial charge in [-0.3, -0.25) is 4.79 Å². The van der Waals surface area contributed by atoms with Gasteiger partial charge in [-0.25, -0.2) is 14.4 Å². The SMILES string of the molecule is Cl.Cn1ccnc1C(O)c1cccc(C(O)=C(C(=O)c2cccc(F)c2)c2nc3ccccc3[nH]2)c1. The Morgan fingerprint density at radius 1 is 1.03 bits per heavy atom. The molecule has 1 unspecified atom stereocenters. The molecule has 5 aromatic rings. The highest BCUT2D eigenvalue weighted by Crippen LogP contribution is 2.30. The molecule has 0 aliphatic carbocycles. The highest BCUT2D eigenvalue weighted by Gasteiger charge is 2.25. The van der Waals surface area contributed by atoms with Crippen molar-refractivity contribution in [3.8, 4) is 0 Å². The van der Waals surface area contributed by atoms with E-state index in [-0.39, 0.29) is 40.7 Å². The van der Waals surface area contributed by atoms with Crippen molar-refractivity contribution >= 4 is 40.6 Å². The van der Waals surface area contributed by atoms with Gasteiger partial charge in [0.05, 0.1) is 11.0 Å². The highest BCUT2D eigenvalue weighted by atomic mass is 35.5. The molecule has 7 nitrogen and oxygen atoms in total. The van der Waals surface area contributed by atoms with Gasteiger partial charge in [0.15, 0.2) is 0 Å². The lowest BCUT2D eigenvalue weighted by atomic mass is 9.97. The quantitative estimate of drug-likeness (QED) is 0.166. The van der Waals surface area contributed by atoms with Crippen LogP contribution in [0.25, 0.3) is 22.4 Å². The average molecular weight is 505 g/mol. The van der Waals surface area contributed by atoms with E-state index in [1.165, 1.54) is 18.2 Å². The first-order chi connectivity index (χ1) is 16.9. The van der Waals surface area contributed by atoms with E-state index in [0.717, 1.165) is 6.07 Å². The maximum atomic E-state index is 13.9. The minimum Gasteiger partial charge on any atom is -0.506 e. The number of benzene rings is 3. The molecule has 0 aliphatic rings. The number of aromatic nitrogens is 4. The van der Waals surface area contributed by atoms with Crippen molar-refractivity contribution in [2.75, 3.05) is 0 Å². The van der Waals surface area contributed by atoms with E-state index < -0.39 is 17.7 Å². The number of nitrogens with one attached hydrogen (secondary N) is 1. The fourth-order valence-electron chi connectivity index (χ4n) is 3.96. The number of aliphatic hydroxyl groups excluding tert-OH is 2. The molecule has 0 fully saturated rings. The van der Waals surface area contributed by atoms with Gasteiger partial charge in [-0.1, -0.05) is 42.5 Å². The molecular weight excluding hydrogens is 483 g/mol. The third-order valence-corrected chi connectivity index (χ3v) is 5.76. The van der Waals surface area contributed by atoms with Gasteiger partial charge in [0.2, 0.25) is 5.78 Å². The lowest BCUT2D eigenvalue weighted by Crippen LogP contribution is -2.09. The summed E-state index contributed by atoms with van der Waals surface area (Å²) < 4.78 is 15.6. The van der Waals surface area contributed by atoms with E-state index in [9.17, 15) is 19.4 Å². The monoisotopic (exact) mass is 504 g/mol. The zero-order valence-corrected chi connectivity index (χ0v) is 19.9. The second kappa shape index (κ2) is 10.2. The molecule has 0 bridgehead atoms. The Kier molecular flexibility index (Phi) is 7.00. The van der Waals surface area contributed by atoms with Crippen LogP contribution in [0.5, 0.6) is 0 Å². The van der Waals surface area contributed by atoms with Crippen molar-refractivity contribution in [2.24, 2.45) is 7.05 Å². The number of aromatic amines is 1. The number of nitrogens with zero attached hydrogens (tertiary/aromatic N) is 3. The number of ketones is 1. The molecule has 182 valence electrons. The summed E-state index contributed by atoms with van der Waals surface area (Å²) in [4.78, 5) is 25.3. The van der Waals surface area contributed by atoms with Crippen LogP contribution in [0, 0.1) is 5.82 Å². The first kappa shape index (κ1) is 24.8. The molecule has 2 aromatic heterocycles. The third kappa shape index (κ3) is 4.64. The van der Waals surface area contributed by atoms with Crippen LogP contribution in [0.1, 0.15) is 39.2 Å². The summed E-state index contributed by atoms with van der Waals surface area (Å²) in [7, 11) is 1.77. The van der Waals surface area contributed by atoms with Gasteiger partial charge in [-0.05, 0) is 35.9 Å². The van der Waals surface area contributed by atoms with E-state index in [0.29, 0.717) is 22.4 Å². The number of carbonyl (C=O) groups is 1. The Bertz CT molecular complexity index is 1560. The molecule has 1 atom stereocenters. The Hall–Kier alpha value is -4.27. The number of aliphatic hydroxyl groups is 2. The predicted octanol–water partition coefficient (Wildman–Crippen LogP) is 5.25. The summed E-state index contributed by atoms with van der Waals surface area (Å²) in [5, 5.41) is 22.2. The van der Waals surface area contributed by atoms with Gasteiger partial charge in [0.1, 0.15) is 34.9 Å². The number of rotatable bonds is 6. The number of H-pyrrole nitrogens is 1. The van der Waals surface area contributed by atoms with Gasteiger partial charge in [0.25, 0.3) is 0 Å². The summed E-state index contributed by atoms with van der Waals surface area (Å²) in [5.74, 6) is -0.949. The van der Waals surface area contributed by atoms with E-state index in [1.807, 2.05) is 12.1 Å². The number of aryl methyl sites for hydroxylation is 1. The van der Waals surface area contributed by atoms with Crippen LogP contribution in [0.2, 0.25) is 0 Å². The zero-order chi connectivity index (χ0) is 24.5. The summed E-state index contributed by atoms with van der Waals surface area (Å²) in [6.07, 6.45) is 2.25. The van der Waals surface area contributed by atoms with Crippen LogP contribution in [0.4, 0.5) is 4.39 Å². The maximum absolute atomic E-state index is 13.9. The summed E-state index contributed by atoms with van der Waals surface area (Å²) in [6, 6.07) is 19.0. The van der Waals surface area contributed by atoms with Crippen molar-refractivity contribution in [1.29, 1.82) is 0 Å². The molecule has 3 aromatic carbocycles. The largest absolute Gasteiger partial charge is 0.506 e. The number of hydrogen-bond donors (Lipinski definition) is 3. The molecule has 36 heavy (non-hydrogen) atoms. The second-order valence-electron chi connectivity index (χ2n) is 8.09. The molecule has 0 spiro atoms. The minimum atomic E-state index is -1.05.